The summed E-state index contributed by atoms with van der Waals surface area (Å²) in [7, 11) is 3.19. The molecule has 10 heteroatoms. The first-order valence-electron chi connectivity index (χ1n) is 13.0. The average molecular weight is 549 g/mol. The van der Waals surface area contributed by atoms with Crippen LogP contribution in [0.1, 0.15) is 0 Å². The molecule has 0 spiro atoms. The smallest absolute Gasteiger partial charge is 0.213 e. The number of hydrogen-bond donors (Lipinski definition) is 2. The van der Waals surface area contributed by atoms with E-state index < -0.39 is 0 Å². The van der Waals surface area contributed by atoms with Gasteiger partial charge in [0.1, 0.15) is 24.8 Å². The van der Waals surface area contributed by atoms with Crippen molar-refractivity contribution in [1.82, 2.24) is 19.9 Å². The number of anilines is 1. The van der Waals surface area contributed by atoms with Crippen molar-refractivity contribution >= 4 is 38.4 Å². The normalized spacial score (nSPS) is 12.0. The summed E-state index contributed by atoms with van der Waals surface area (Å²) in [5.41, 5.74) is 15.6. The van der Waals surface area contributed by atoms with E-state index in [4.69, 9.17) is 30.4 Å². The fourth-order valence-corrected chi connectivity index (χ4v) is 4.62. The van der Waals surface area contributed by atoms with Crippen molar-refractivity contribution in [1.29, 1.82) is 0 Å². The molecule has 2 aromatic carbocycles. The highest BCUT2D eigenvalue weighted by atomic mass is 16.5. The lowest BCUT2D eigenvalue weighted by molar-refractivity contribution is 0.216. The minimum absolute atomic E-state index is 0.226. The Balaban J connectivity index is 1.20. The van der Waals surface area contributed by atoms with Crippen molar-refractivity contribution in [3.05, 3.63) is 79.3 Å². The van der Waals surface area contributed by atoms with E-state index in [1.165, 1.54) is 0 Å². The van der Waals surface area contributed by atoms with Crippen molar-refractivity contribution in [3.63, 3.8) is 0 Å². The number of aromatic nitrogens is 4. The summed E-state index contributed by atoms with van der Waals surface area (Å²) in [6, 6.07) is 18.8. The Morgan fingerprint density at radius 2 is 1.56 bits per heavy atom. The zero-order valence-corrected chi connectivity index (χ0v) is 22.6. The van der Waals surface area contributed by atoms with Crippen LogP contribution in [-0.2, 0) is 0 Å². The number of fused-ring (bicyclic) bond motifs is 4. The third kappa shape index (κ3) is 5.32. The van der Waals surface area contributed by atoms with E-state index in [0.717, 1.165) is 38.1 Å². The van der Waals surface area contributed by atoms with E-state index in [0.29, 0.717) is 34.6 Å². The maximum absolute atomic E-state index is 6.37. The van der Waals surface area contributed by atoms with Gasteiger partial charge in [-0.05, 0) is 35.7 Å². The molecule has 0 radical (unpaired) electrons. The summed E-state index contributed by atoms with van der Waals surface area (Å²) in [5.74, 6) is 2.62. The Kier molecular flexibility index (Phi) is 7.05. The summed E-state index contributed by atoms with van der Waals surface area (Å²) in [6.07, 6.45) is 5.05. The largest absolute Gasteiger partial charge is 0.493 e. The van der Waals surface area contributed by atoms with E-state index in [1.54, 1.807) is 32.8 Å². The van der Waals surface area contributed by atoms with Gasteiger partial charge in [-0.3, -0.25) is 9.97 Å². The summed E-state index contributed by atoms with van der Waals surface area (Å²) in [5, 5.41) is 3.53. The highest BCUT2D eigenvalue weighted by Gasteiger charge is 2.14. The fraction of sp³-hybridized carbons (Fsp3) is 0.161. The number of nitrogens with zero attached hydrogens (tertiary/aromatic N) is 4. The summed E-state index contributed by atoms with van der Waals surface area (Å²) >= 11 is 0. The van der Waals surface area contributed by atoms with Gasteiger partial charge in [0.25, 0.3) is 0 Å². The Morgan fingerprint density at radius 3 is 2.41 bits per heavy atom. The summed E-state index contributed by atoms with van der Waals surface area (Å²) < 4.78 is 22.7. The van der Waals surface area contributed by atoms with Gasteiger partial charge in [-0.2, -0.15) is 0 Å². The molecular weight excluding hydrogens is 520 g/mol. The number of benzene rings is 2. The predicted octanol–water partition coefficient (Wildman–Crippen LogP) is 4.78. The lowest BCUT2D eigenvalue weighted by Crippen LogP contribution is -2.34. The Bertz CT molecular complexity index is 1880. The lowest BCUT2D eigenvalue weighted by atomic mass is 10.0. The Labute approximate surface area is 235 Å². The highest BCUT2D eigenvalue weighted by Crippen LogP contribution is 2.37. The van der Waals surface area contributed by atoms with Gasteiger partial charge in [0, 0.05) is 46.2 Å². The van der Waals surface area contributed by atoms with Crippen molar-refractivity contribution in [2.24, 2.45) is 5.73 Å². The monoisotopic (exact) mass is 548 g/mol. The van der Waals surface area contributed by atoms with Gasteiger partial charge in [0.05, 0.1) is 43.2 Å². The number of para-hydroxylation sites is 1. The molecule has 41 heavy (non-hydrogen) atoms. The number of methoxy groups -OCH3 is 2. The molecule has 6 rings (SSSR count). The van der Waals surface area contributed by atoms with E-state index in [9.17, 15) is 0 Å². The molecule has 4 heterocycles. The molecule has 206 valence electrons. The number of rotatable bonds is 9. The standard InChI is InChI=1S/C31H28N6O4/c1-38-28-11-23-22-10-26(37-31(33)24(22)15-35-27(23)12-29(28)39-2)19-9-21(14-34-13-19)40-16-20(32)17-41-30-8-7-18-5-3-4-6-25(18)36-30/h3-15,20H,16-17,32H2,1-2H3,(H2,33,37)/t20-/m1/s1. The molecule has 0 bridgehead atoms. The van der Waals surface area contributed by atoms with Gasteiger partial charge in [-0.25, -0.2) is 9.97 Å². The molecule has 6 aromatic rings. The first kappa shape index (κ1) is 26.0. The van der Waals surface area contributed by atoms with Crippen LogP contribution < -0.4 is 30.4 Å². The molecule has 1 atom stereocenters. The Morgan fingerprint density at radius 1 is 0.756 bits per heavy atom. The van der Waals surface area contributed by atoms with Crippen LogP contribution in [0.25, 0.3) is 43.8 Å². The maximum Gasteiger partial charge on any atom is 0.213 e. The van der Waals surface area contributed by atoms with Gasteiger partial charge in [0.2, 0.25) is 5.88 Å². The zero-order valence-electron chi connectivity index (χ0n) is 22.6. The maximum atomic E-state index is 6.37. The predicted molar refractivity (Wildman–Crippen MR) is 158 cm³/mol. The molecule has 0 unspecified atom stereocenters. The van der Waals surface area contributed by atoms with E-state index in [2.05, 4.69) is 19.9 Å². The molecule has 0 aliphatic carbocycles. The third-order valence-electron chi connectivity index (χ3n) is 6.70. The zero-order chi connectivity index (χ0) is 28.3. The van der Waals surface area contributed by atoms with Crippen LogP contribution in [0.15, 0.2) is 79.3 Å². The summed E-state index contributed by atoms with van der Waals surface area (Å²) in [4.78, 5) is 18.0. The molecule has 0 fully saturated rings. The van der Waals surface area contributed by atoms with Crippen LogP contribution in [0.4, 0.5) is 5.82 Å². The first-order chi connectivity index (χ1) is 20.0. The molecule has 4 aromatic heterocycles. The topological polar surface area (TPSA) is 141 Å². The van der Waals surface area contributed by atoms with Gasteiger partial charge < -0.3 is 30.4 Å². The number of ether oxygens (including phenoxy) is 4. The quantitative estimate of drug-likeness (QED) is 0.243. The second-order valence-corrected chi connectivity index (χ2v) is 9.47. The van der Waals surface area contributed by atoms with Crippen molar-refractivity contribution in [2.75, 3.05) is 33.2 Å². The van der Waals surface area contributed by atoms with Gasteiger partial charge in [-0.15, -0.1) is 0 Å². The van der Waals surface area contributed by atoms with E-state index >= 15 is 0 Å². The van der Waals surface area contributed by atoms with Crippen molar-refractivity contribution < 1.29 is 18.9 Å². The van der Waals surface area contributed by atoms with Crippen molar-refractivity contribution in [3.8, 4) is 34.4 Å². The average Bonchev–Trinajstić information content (AvgIpc) is 3.01. The van der Waals surface area contributed by atoms with Crippen molar-refractivity contribution in [2.45, 2.75) is 6.04 Å². The molecule has 0 amide bonds. The number of pyridine rings is 4. The molecule has 0 saturated carbocycles. The van der Waals surface area contributed by atoms with Crippen LogP contribution >= 0.6 is 0 Å². The number of nitrogens with two attached hydrogens (primary N) is 2. The second kappa shape index (κ2) is 11.1. The SMILES string of the molecule is COc1cc2ncc3c(N)nc(-c4cncc(OC[C@@H](N)COc5ccc6ccccc6n5)c4)cc3c2cc1OC. The Hall–Kier alpha value is -5.22. The molecule has 0 saturated heterocycles. The minimum atomic E-state index is -0.382. The lowest BCUT2D eigenvalue weighted by Gasteiger charge is -2.15. The minimum Gasteiger partial charge on any atom is -0.493 e. The second-order valence-electron chi connectivity index (χ2n) is 9.47. The van der Waals surface area contributed by atoms with E-state index in [-0.39, 0.29) is 19.3 Å². The third-order valence-corrected chi connectivity index (χ3v) is 6.70. The van der Waals surface area contributed by atoms with Crippen LogP contribution in [0.5, 0.6) is 23.1 Å². The number of nitrogen functional groups attached to an aromatic ring is 1. The molecule has 0 aliphatic rings. The molecule has 10 nitrogen and oxygen atoms in total. The van der Waals surface area contributed by atoms with E-state index in [1.807, 2.05) is 60.7 Å². The van der Waals surface area contributed by atoms with Gasteiger partial charge in [0.15, 0.2) is 11.5 Å². The van der Waals surface area contributed by atoms with Gasteiger partial charge >= 0.3 is 0 Å². The molecule has 0 aliphatic heterocycles. The first-order valence-corrected chi connectivity index (χ1v) is 13.0. The van der Waals surface area contributed by atoms with Crippen LogP contribution in [0.3, 0.4) is 0 Å². The summed E-state index contributed by atoms with van der Waals surface area (Å²) in [6.45, 7) is 0.473. The van der Waals surface area contributed by atoms with Crippen LogP contribution in [0.2, 0.25) is 0 Å². The van der Waals surface area contributed by atoms with Gasteiger partial charge in [-0.1, -0.05) is 18.2 Å². The molecule has 4 N–H and O–H groups in total. The molecular formula is C31H28N6O4. The van der Waals surface area contributed by atoms with Crippen LogP contribution in [-0.4, -0.2) is 53.4 Å². The fourth-order valence-electron chi connectivity index (χ4n) is 4.62. The number of hydrogen-bond acceptors (Lipinski definition) is 10. The highest BCUT2D eigenvalue weighted by molar-refractivity contribution is 6.10. The van der Waals surface area contributed by atoms with Crippen LogP contribution in [0, 0.1) is 0 Å².